The molecule has 0 spiro atoms. The minimum Gasteiger partial charge on any atom is -0.385 e. The highest BCUT2D eigenvalue weighted by molar-refractivity contribution is 5.85. The van der Waals surface area contributed by atoms with Crippen LogP contribution in [0.3, 0.4) is 0 Å². The lowest BCUT2D eigenvalue weighted by atomic mass is 10.0. The van der Waals surface area contributed by atoms with E-state index >= 15 is 0 Å². The molecule has 0 unspecified atom stereocenters. The predicted molar refractivity (Wildman–Crippen MR) is 115 cm³/mol. The zero-order chi connectivity index (χ0) is 21.3. The molecule has 1 aliphatic heterocycles. The molecule has 9 heteroatoms. The topological polar surface area (TPSA) is 134 Å². The van der Waals surface area contributed by atoms with Crippen LogP contribution in [0.25, 0.3) is 21.9 Å². The van der Waals surface area contributed by atoms with Crippen LogP contribution in [-0.2, 0) is 6.42 Å². The highest BCUT2D eigenvalue weighted by Gasteiger charge is 2.13. The number of nitrogens with one attached hydrogen (secondary N) is 3. The van der Waals surface area contributed by atoms with Crippen molar-refractivity contribution in [3.63, 3.8) is 0 Å². The highest BCUT2D eigenvalue weighted by Crippen LogP contribution is 2.27. The minimum absolute atomic E-state index is 0.144. The number of H-pyrrole nitrogens is 2. The second kappa shape index (κ2) is 7.78. The molecule has 3 N–H and O–H groups in total. The number of aromatic amines is 2. The maximum Gasteiger partial charge on any atom is 0.314 e. The summed E-state index contributed by atoms with van der Waals surface area (Å²) in [6, 6.07) is 10.5. The molecule has 5 rings (SSSR count). The normalized spacial score (nSPS) is 12.6. The van der Waals surface area contributed by atoms with E-state index in [9.17, 15) is 19.7 Å². The Balaban J connectivity index is 0.000000147. The van der Waals surface area contributed by atoms with Crippen molar-refractivity contribution < 1.29 is 4.92 Å². The molecule has 0 aliphatic carbocycles. The second-order valence-electron chi connectivity index (χ2n) is 6.99. The lowest BCUT2D eigenvalue weighted by Gasteiger charge is -2.18. The number of anilines is 1. The number of rotatable bonds is 1. The molecule has 30 heavy (non-hydrogen) atoms. The van der Waals surface area contributed by atoms with Crippen molar-refractivity contribution in [2.75, 3.05) is 11.9 Å². The molecule has 2 aromatic heterocycles. The predicted octanol–water partition coefficient (Wildman–Crippen LogP) is 3.03. The molecule has 0 amide bonds. The Kier molecular flexibility index (Phi) is 5.01. The standard InChI is InChI=1S/C11H11N3O2.C10H8N2O2/c15-10-11(16)14-9-6-2-1-5-12-7(6)3-4-8(9)13-10;1-7-8-3-2-6-11-9(8)4-5-10(7)12(13)14/h3-4,12H,1-2,5H2,(H,13,15)(H,14,16);2-6H,1H3. The Labute approximate surface area is 169 Å². The van der Waals surface area contributed by atoms with Gasteiger partial charge in [-0.1, -0.05) is 6.07 Å². The van der Waals surface area contributed by atoms with Crippen molar-refractivity contribution in [3.8, 4) is 0 Å². The third-order valence-electron chi connectivity index (χ3n) is 5.15. The van der Waals surface area contributed by atoms with Gasteiger partial charge in [0.05, 0.1) is 21.5 Å². The fourth-order valence-electron chi connectivity index (χ4n) is 3.64. The maximum atomic E-state index is 11.3. The molecule has 0 atom stereocenters. The Morgan fingerprint density at radius 3 is 2.67 bits per heavy atom. The van der Waals surface area contributed by atoms with E-state index in [1.54, 1.807) is 25.3 Å². The quantitative estimate of drug-likeness (QED) is 0.253. The van der Waals surface area contributed by atoms with Crippen molar-refractivity contribution in [1.29, 1.82) is 0 Å². The Bertz CT molecular complexity index is 1390. The summed E-state index contributed by atoms with van der Waals surface area (Å²) < 4.78 is 0. The summed E-state index contributed by atoms with van der Waals surface area (Å²) in [4.78, 5) is 42.1. The fraction of sp³-hybridized carbons (Fsp3) is 0.190. The van der Waals surface area contributed by atoms with Gasteiger partial charge in [0.2, 0.25) is 0 Å². The van der Waals surface area contributed by atoms with Gasteiger partial charge in [0.1, 0.15) is 0 Å². The van der Waals surface area contributed by atoms with E-state index in [1.165, 1.54) is 6.07 Å². The van der Waals surface area contributed by atoms with Crippen molar-refractivity contribution in [2.24, 2.45) is 0 Å². The van der Waals surface area contributed by atoms with E-state index in [0.29, 0.717) is 11.1 Å². The molecule has 0 fully saturated rings. The van der Waals surface area contributed by atoms with Crippen LogP contribution in [0.2, 0.25) is 0 Å². The summed E-state index contributed by atoms with van der Waals surface area (Å²) in [5.74, 6) is 0. The number of benzene rings is 2. The molecule has 3 heterocycles. The molecule has 0 radical (unpaired) electrons. The molecular formula is C21H19N5O4. The van der Waals surface area contributed by atoms with Crippen molar-refractivity contribution in [3.05, 3.63) is 84.5 Å². The molecule has 2 aromatic carbocycles. The van der Waals surface area contributed by atoms with Gasteiger partial charge < -0.3 is 15.3 Å². The van der Waals surface area contributed by atoms with Crippen LogP contribution in [0.4, 0.5) is 11.4 Å². The van der Waals surface area contributed by atoms with Crippen molar-refractivity contribution >= 4 is 33.3 Å². The Morgan fingerprint density at radius 2 is 1.87 bits per heavy atom. The summed E-state index contributed by atoms with van der Waals surface area (Å²) in [6.45, 7) is 2.69. The van der Waals surface area contributed by atoms with E-state index in [2.05, 4.69) is 20.3 Å². The van der Waals surface area contributed by atoms with Crippen LogP contribution < -0.4 is 16.4 Å². The first-order valence-corrected chi connectivity index (χ1v) is 9.46. The Hall–Kier alpha value is -4.01. The lowest BCUT2D eigenvalue weighted by molar-refractivity contribution is -0.385. The van der Waals surface area contributed by atoms with Gasteiger partial charge in [-0.05, 0) is 44.0 Å². The van der Waals surface area contributed by atoms with Crippen LogP contribution in [0.5, 0.6) is 0 Å². The zero-order valence-corrected chi connectivity index (χ0v) is 16.2. The molecular weight excluding hydrogens is 386 g/mol. The number of aryl methyl sites for hydroxylation is 2. The minimum atomic E-state index is -0.601. The van der Waals surface area contributed by atoms with E-state index in [0.717, 1.165) is 47.1 Å². The second-order valence-corrected chi connectivity index (χ2v) is 6.99. The van der Waals surface area contributed by atoms with Gasteiger partial charge in [0.15, 0.2) is 0 Å². The number of pyridine rings is 1. The zero-order valence-electron chi connectivity index (χ0n) is 16.2. The summed E-state index contributed by atoms with van der Waals surface area (Å²) in [6.07, 6.45) is 3.63. The number of hydrogen-bond acceptors (Lipinski definition) is 6. The average molecular weight is 405 g/mol. The summed E-state index contributed by atoms with van der Waals surface area (Å²) >= 11 is 0. The van der Waals surface area contributed by atoms with E-state index in [1.807, 2.05) is 18.2 Å². The summed E-state index contributed by atoms with van der Waals surface area (Å²) in [5.41, 5.74) is 3.96. The van der Waals surface area contributed by atoms with E-state index < -0.39 is 11.1 Å². The molecule has 0 saturated heterocycles. The first-order chi connectivity index (χ1) is 14.5. The van der Waals surface area contributed by atoms with Crippen molar-refractivity contribution in [2.45, 2.75) is 19.8 Å². The maximum absolute atomic E-state index is 11.3. The number of nitro benzene ring substituents is 1. The van der Waals surface area contributed by atoms with Gasteiger partial charge in [0, 0.05) is 41.0 Å². The van der Waals surface area contributed by atoms with Crippen LogP contribution in [0.1, 0.15) is 17.5 Å². The number of nitro groups is 1. The molecule has 0 bridgehead atoms. The van der Waals surface area contributed by atoms with Gasteiger partial charge in [-0.3, -0.25) is 24.7 Å². The van der Waals surface area contributed by atoms with Gasteiger partial charge >= 0.3 is 11.1 Å². The molecule has 0 saturated carbocycles. The lowest BCUT2D eigenvalue weighted by Crippen LogP contribution is -2.29. The average Bonchev–Trinajstić information content (AvgIpc) is 2.75. The monoisotopic (exact) mass is 405 g/mol. The van der Waals surface area contributed by atoms with E-state index in [-0.39, 0.29) is 10.6 Å². The summed E-state index contributed by atoms with van der Waals surface area (Å²) in [7, 11) is 0. The smallest absolute Gasteiger partial charge is 0.314 e. The van der Waals surface area contributed by atoms with E-state index in [4.69, 9.17) is 0 Å². The van der Waals surface area contributed by atoms with Crippen LogP contribution in [0.15, 0.2) is 52.2 Å². The van der Waals surface area contributed by atoms with Crippen LogP contribution >= 0.6 is 0 Å². The summed E-state index contributed by atoms with van der Waals surface area (Å²) in [5, 5.41) is 14.8. The van der Waals surface area contributed by atoms with Crippen LogP contribution in [0, 0.1) is 17.0 Å². The molecule has 152 valence electrons. The van der Waals surface area contributed by atoms with Crippen molar-refractivity contribution in [1.82, 2.24) is 15.0 Å². The van der Waals surface area contributed by atoms with Gasteiger partial charge in [-0.25, -0.2) is 0 Å². The van der Waals surface area contributed by atoms with Crippen LogP contribution in [-0.4, -0.2) is 26.4 Å². The number of nitrogens with zero attached hydrogens (tertiary/aromatic N) is 2. The first kappa shape index (κ1) is 19.3. The number of fused-ring (bicyclic) bond motifs is 4. The largest absolute Gasteiger partial charge is 0.385 e. The number of hydrogen-bond donors (Lipinski definition) is 3. The molecule has 4 aromatic rings. The third-order valence-corrected chi connectivity index (χ3v) is 5.15. The van der Waals surface area contributed by atoms with Gasteiger partial charge in [0.25, 0.3) is 5.69 Å². The number of aromatic nitrogens is 3. The van der Waals surface area contributed by atoms with Gasteiger partial charge in [-0.2, -0.15) is 0 Å². The fourth-order valence-corrected chi connectivity index (χ4v) is 3.64. The molecule has 1 aliphatic rings. The van der Waals surface area contributed by atoms with Gasteiger partial charge in [-0.15, -0.1) is 0 Å². The molecule has 9 nitrogen and oxygen atoms in total. The highest BCUT2D eigenvalue weighted by atomic mass is 16.6. The SMILES string of the molecule is Cc1c([N+](=O)[O-])ccc2ncccc12.O=c1[nH]c2ccc3c(c2[nH]c1=O)CCCN3. The first-order valence-electron chi connectivity index (χ1n) is 9.46. The third kappa shape index (κ3) is 3.52. The Morgan fingerprint density at radius 1 is 1.07 bits per heavy atom.